The van der Waals surface area contributed by atoms with Gasteiger partial charge in [-0.05, 0) is 18.5 Å². The summed E-state index contributed by atoms with van der Waals surface area (Å²) in [5.41, 5.74) is 6.68. The number of hydrogen-bond acceptors (Lipinski definition) is 2. The Morgan fingerprint density at radius 2 is 1.64 bits per heavy atom. The monoisotopic (exact) mass is 266 g/mol. The van der Waals surface area contributed by atoms with Gasteiger partial charge in [0.15, 0.2) is 0 Å². The molecule has 64 valence electrons. The van der Waals surface area contributed by atoms with Crippen molar-refractivity contribution in [1.29, 1.82) is 0 Å². The summed E-state index contributed by atoms with van der Waals surface area (Å²) in [7, 11) is 0. The van der Waals surface area contributed by atoms with Crippen molar-refractivity contribution in [3.8, 4) is 0 Å². The molecule has 11 heavy (non-hydrogen) atoms. The van der Waals surface area contributed by atoms with Crippen molar-refractivity contribution in [2.75, 3.05) is 6.54 Å². The van der Waals surface area contributed by atoms with Crippen LogP contribution in [-0.2, 0) is 6.42 Å². The van der Waals surface area contributed by atoms with Gasteiger partial charge in [-0.25, -0.2) is 0 Å². The zero-order valence-corrected chi connectivity index (χ0v) is 8.82. The largest absolute Gasteiger partial charge is 0.344 e. The van der Waals surface area contributed by atoms with E-state index in [1.54, 1.807) is 0 Å². The van der Waals surface area contributed by atoms with Crippen LogP contribution in [0.3, 0.4) is 0 Å². The Bertz CT molecular complexity index is 165. The molecule has 0 radical (unpaired) electrons. The second kappa shape index (κ2) is 7.97. The number of hydrogen-bond donors (Lipinski definition) is 2. The molecule has 0 aliphatic rings. The van der Waals surface area contributed by atoms with Gasteiger partial charge in [0.2, 0.25) is 0 Å². The van der Waals surface area contributed by atoms with E-state index in [1.165, 1.54) is 5.56 Å². The van der Waals surface area contributed by atoms with Gasteiger partial charge in [0.1, 0.15) is 0 Å². The van der Waals surface area contributed by atoms with Crippen molar-refractivity contribution in [1.82, 2.24) is 6.15 Å². The zero-order valence-electron chi connectivity index (χ0n) is 6.49. The quantitative estimate of drug-likeness (QED) is 0.804. The fraction of sp³-hybridized carbons (Fsp3) is 0.250. The molecule has 0 spiro atoms. The molecular formula is C8H15IN2. The molecule has 2 nitrogen and oxygen atoms in total. The Balaban J connectivity index is 0. The molecule has 0 heterocycles. The standard InChI is InChI=1S/C8H11N.HI.H3N/c9-7-6-8-4-2-1-3-5-8;;/h1-5H,6-7,9H2;1H;1H3. The maximum Gasteiger partial charge on any atom is -0.00367 e. The van der Waals surface area contributed by atoms with Crippen molar-refractivity contribution in [2.45, 2.75) is 6.42 Å². The van der Waals surface area contributed by atoms with E-state index in [-0.39, 0.29) is 30.1 Å². The first-order valence-electron chi connectivity index (χ1n) is 3.17. The summed E-state index contributed by atoms with van der Waals surface area (Å²) in [4.78, 5) is 0. The maximum atomic E-state index is 5.36. The Morgan fingerprint density at radius 1 is 1.09 bits per heavy atom. The first-order chi connectivity index (χ1) is 4.43. The van der Waals surface area contributed by atoms with E-state index in [2.05, 4.69) is 12.1 Å². The predicted octanol–water partition coefficient (Wildman–Crippen LogP) is 1.97. The van der Waals surface area contributed by atoms with Crippen LogP contribution in [0.1, 0.15) is 5.56 Å². The summed E-state index contributed by atoms with van der Waals surface area (Å²) in [6.45, 7) is 0.740. The molecule has 1 rings (SSSR count). The van der Waals surface area contributed by atoms with E-state index in [9.17, 15) is 0 Å². The van der Waals surface area contributed by atoms with Crippen LogP contribution in [0.15, 0.2) is 30.3 Å². The minimum Gasteiger partial charge on any atom is -0.344 e. The molecule has 0 aromatic heterocycles. The van der Waals surface area contributed by atoms with Gasteiger partial charge < -0.3 is 11.9 Å². The fourth-order valence-corrected chi connectivity index (χ4v) is 0.811. The summed E-state index contributed by atoms with van der Waals surface area (Å²) in [6, 6.07) is 10.3. The van der Waals surface area contributed by atoms with Gasteiger partial charge in [0.25, 0.3) is 0 Å². The van der Waals surface area contributed by atoms with E-state index >= 15 is 0 Å². The van der Waals surface area contributed by atoms with Crippen LogP contribution in [0.5, 0.6) is 0 Å². The lowest BCUT2D eigenvalue weighted by molar-refractivity contribution is 0.969. The SMILES string of the molecule is I.N.NCCc1ccccc1. The third kappa shape index (κ3) is 5.17. The third-order valence-electron chi connectivity index (χ3n) is 1.28. The van der Waals surface area contributed by atoms with Gasteiger partial charge in [-0.3, -0.25) is 0 Å². The smallest absolute Gasteiger partial charge is 0.00367 e. The molecule has 0 unspecified atom stereocenters. The highest BCUT2D eigenvalue weighted by atomic mass is 127. The van der Waals surface area contributed by atoms with Crippen LogP contribution >= 0.6 is 24.0 Å². The molecule has 1 aromatic carbocycles. The minimum absolute atomic E-state index is 0. The molecular weight excluding hydrogens is 251 g/mol. The molecule has 0 bridgehead atoms. The van der Waals surface area contributed by atoms with E-state index in [4.69, 9.17) is 5.73 Å². The maximum absolute atomic E-state index is 5.36. The average Bonchev–Trinajstić information content (AvgIpc) is 1.91. The second-order valence-corrected chi connectivity index (χ2v) is 2.02. The van der Waals surface area contributed by atoms with Crippen molar-refractivity contribution in [3.63, 3.8) is 0 Å². The van der Waals surface area contributed by atoms with Crippen molar-refractivity contribution < 1.29 is 0 Å². The molecule has 0 saturated heterocycles. The van der Waals surface area contributed by atoms with E-state index < -0.39 is 0 Å². The normalized spacial score (nSPS) is 7.73. The highest BCUT2D eigenvalue weighted by Gasteiger charge is 1.84. The molecule has 0 fully saturated rings. The van der Waals surface area contributed by atoms with Crippen molar-refractivity contribution >= 4 is 24.0 Å². The number of halogens is 1. The van der Waals surface area contributed by atoms with E-state index in [1.807, 2.05) is 18.2 Å². The average molecular weight is 266 g/mol. The molecule has 0 amide bonds. The molecule has 3 heteroatoms. The summed E-state index contributed by atoms with van der Waals surface area (Å²) >= 11 is 0. The second-order valence-electron chi connectivity index (χ2n) is 2.02. The molecule has 1 aromatic rings. The number of benzene rings is 1. The van der Waals surface area contributed by atoms with Crippen LogP contribution in [-0.4, -0.2) is 6.54 Å². The molecule has 0 aliphatic heterocycles. The van der Waals surface area contributed by atoms with Gasteiger partial charge >= 0.3 is 0 Å². The predicted molar refractivity (Wildman–Crippen MR) is 59.6 cm³/mol. The summed E-state index contributed by atoms with van der Waals surface area (Å²) in [5.74, 6) is 0. The van der Waals surface area contributed by atoms with Gasteiger partial charge in [-0.1, -0.05) is 30.3 Å². The fourth-order valence-electron chi connectivity index (χ4n) is 0.811. The Hall–Kier alpha value is -0.130. The molecule has 0 aliphatic carbocycles. The van der Waals surface area contributed by atoms with Gasteiger partial charge in [-0.15, -0.1) is 24.0 Å². The molecule has 5 N–H and O–H groups in total. The van der Waals surface area contributed by atoms with Crippen LogP contribution < -0.4 is 11.9 Å². The highest BCUT2D eigenvalue weighted by molar-refractivity contribution is 14.0. The minimum atomic E-state index is 0. The lowest BCUT2D eigenvalue weighted by atomic mass is 10.2. The van der Waals surface area contributed by atoms with E-state index in [0.29, 0.717) is 0 Å². The third-order valence-corrected chi connectivity index (χ3v) is 1.28. The van der Waals surface area contributed by atoms with Gasteiger partial charge in [0, 0.05) is 0 Å². The Labute approximate surface area is 84.8 Å². The van der Waals surface area contributed by atoms with Gasteiger partial charge in [0.05, 0.1) is 0 Å². The topological polar surface area (TPSA) is 61.0 Å². The summed E-state index contributed by atoms with van der Waals surface area (Å²) < 4.78 is 0. The molecule has 0 atom stereocenters. The van der Waals surface area contributed by atoms with Gasteiger partial charge in [-0.2, -0.15) is 0 Å². The number of rotatable bonds is 2. The van der Waals surface area contributed by atoms with Crippen LogP contribution in [0.2, 0.25) is 0 Å². The van der Waals surface area contributed by atoms with E-state index in [0.717, 1.165) is 13.0 Å². The zero-order chi connectivity index (χ0) is 6.53. The van der Waals surface area contributed by atoms with Crippen molar-refractivity contribution in [3.05, 3.63) is 35.9 Å². The highest BCUT2D eigenvalue weighted by Crippen LogP contribution is 1.96. The number of nitrogens with two attached hydrogens (primary N) is 1. The lowest BCUT2D eigenvalue weighted by Crippen LogP contribution is -2.01. The summed E-state index contributed by atoms with van der Waals surface area (Å²) in [5, 5.41) is 0. The van der Waals surface area contributed by atoms with Crippen LogP contribution in [0, 0.1) is 0 Å². The van der Waals surface area contributed by atoms with Crippen LogP contribution in [0.4, 0.5) is 0 Å². The molecule has 0 saturated carbocycles. The first kappa shape index (κ1) is 13.5. The first-order valence-corrected chi connectivity index (χ1v) is 3.17. The lowest BCUT2D eigenvalue weighted by Gasteiger charge is -1.93. The Kier molecular flexibility index (Phi) is 9.75. The van der Waals surface area contributed by atoms with Crippen LogP contribution in [0.25, 0.3) is 0 Å². The Morgan fingerprint density at radius 3 is 2.09 bits per heavy atom. The summed E-state index contributed by atoms with van der Waals surface area (Å²) in [6.07, 6.45) is 0.987. The van der Waals surface area contributed by atoms with Crippen molar-refractivity contribution in [2.24, 2.45) is 5.73 Å².